The molecule has 2 aliphatic rings. The largest absolute Gasteiger partial charge is 0.378 e. The highest BCUT2D eigenvalue weighted by atomic mass is 35.5. The molecule has 2 aromatic rings. The number of ether oxygens (including phenoxy) is 1. The van der Waals surface area contributed by atoms with Crippen LogP contribution in [0.2, 0.25) is 5.02 Å². The zero-order valence-corrected chi connectivity index (χ0v) is 16.7. The molecule has 0 N–H and O–H groups in total. The smallest absolute Gasteiger partial charge is 0.234 e. The van der Waals surface area contributed by atoms with Crippen LogP contribution in [-0.2, 0) is 29.4 Å². The summed E-state index contributed by atoms with van der Waals surface area (Å²) in [6.45, 7) is 3.55. The van der Waals surface area contributed by atoms with Crippen LogP contribution in [0.25, 0.3) is 0 Å². The molecule has 3 heterocycles. The van der Waals surface area contributed by atoms with Crippen LogP contribution in [0.15, 0.2) is 24.3 Å². The molecule has 1 saturated heterocycles. The van der Waals surface area contributed by atoms with Gasteiger partial charge in [0.25, 0.3) is 0 Å². The van der Waals surface area contributed by atoms with E-state index in [4.69, 9.17) is 33.5 Å². The number of rotatable bonds is 3. The number of carbonyl (C=O) groups excluding carboxylic acids is 1. The molecule has 27 heavy (non-hydrogen) atoms. The second kappa shape index (κ2) is 7.58. The fourth-order valence-electron chi connectivity index (χ4n) is 3.57. The van der Waals surface area contributed by atoms with Crippen molar-refractivity contribution in [1.82, 2.24) is 9.55 Å². The zero-order chi connectivity index (χ0) is 19.0. The summed E-state index contributed by atoms with van der Waals surface area (Å²) >= 11 is 11.8. The molecule has 0 unspecified atom stereocenters. The first kappa shape index (κ1) is 18.4. The Kier molecular flexibility index (Phi) is 5.16. The second-order valence-corrected chi connectivity index (χ2v) is 7.56. The van der Waals surface area contributed by atoms with Gasteiger partial charge < -0.3 is 19.1 Å². The number of aromatic nitrogens is 2. The Morgan fingerprint density at radius 1 is 1.30 bits per heavy atom. The molecule has 0 saturated carbocycles. The maximum atomic E-state index is 13.0. The minimum absolute atomic E-state index is 0.00708. The molecule has 4 rings (SSSR count). The van der Waals surface area contributed by atoms with Gasteiger partial charge in [-0.1, -0.05) is 29.9 Å². The molecule has 2 aliphatic heterocycles. The van der Waals surface area contributed by atoms with E-state index in [0.29, 0.717) is 35.2 Å². The van der Waals surface area contributed by atoms with Crippen molar-refractivity contribution in [3.05, 3.63) is 45.3 Å². The normalized spacial score (nSPS) is 16.5. The molecule has 0 radical (unpaired) electrons. The zero-order valence-electron chi connectivity index (χ0n) is 15.2. The Bertz CT molecular complexity index is 940. The highest BCUT2D eigenvalue weighted by Gasteiger charge is 2.27. The van der Waals surface area contributed by atoms with Gasteiger partial charge in [-0.2, -0.15) is 0 Å². The Morgan fingerprint density at radius 2 is 2.07 bits per heavy atom. The molecule has 8 heteroatoms. The maximum absolute atomic E-state index is 13.0. The van der Waals surface area contributed by atoms with Crippen LogP contribution in [0.4, 0.5) is 11.5 Å². The maximum Gasteiger partial charge on any atom is 0.234 e. The molecular weight excluding hydrogens is 384 g/mol. The average Bonchev–Trinajstić information content (AvgIpc) is 3.11. The molecule has 1 amide bonds. The van der Waals surface area contributed by atoms with Gasteiger partial charge in [-0.05, 0) is 24.1 Å². The van der Waals surface area contributed by atoms with E-state index in [0.717, 1.165) is 36.6 Å². The van der Waals surface area contributed by atoms with Crippen molar-refractivity contribution in [1.29, 1.82) is 0 Å². The fraction of sp³-hybridized carbons (Fsp3) is 0.421. The van der Waals surface area contributed by atoms with Crippen molar-refractivity contribution < 1.29 is 9.53 Å². The Balaban J connectivity index is 1.59. The number of benzene rings is 1. The van der Waals surface area contributed by atoms with E-state index in [-0.39, 0.29) is 12.3 Å². The van der Waals surface area contributed by atoms with Crippen molar-refractivity contribution >= 4 is 41.2 Å². The van der Waals surface area contributed by atoms with Crippen LogP contribution in [0.1, 0.15) is 11.4 Å². The van der Waals surface area contributed by atoms with Crippen molar-refractivity contribution in [2.24, 2.45) is 7.05 Å². The predicted molar refractivity (Wildman–Crippen MR) is 108 cm³/mol. The summed E-state index contributed by atoms with van der Waals surface area (Å²) in [5.41, 5.74) is 1.94. The Morgan fingerprint density at radius 3 is 2.85 bits per heavy atom. The van der Waals surface area contributed by atoms with E-state index >= 15 is 0 Å². The van der Waals surface area contributed by atoms with E-state index in [1.807, 2.05) is 35.9 Å². The highest BCUT2D eigenvalue weighted by molar-refractivity contribution is 7.71. The molecule has 1 aromatic heterocycles. The summed E-state index contributed by atoms with van der Waals surface area (Å²) in [6.07, 6.45) is 0.977. The number of morpholine rings is 1. The fourth-order valence-corrected chi connectivity index (χ4v) is 4.04. The first-order chi connectivity index (χ1) is 13.0. The molecule has 0 atom stereocenters. The van der Waals surface area contributed by atoms with E-state index in [2.05, 4.69) is 4.90 Å². The van der Waals surface area contributed by atoms with E-state index < -0.39 is 0 Å². The summed E-state index contributed by atoms with van der Waals surface area (Å²) < 4.78 is 7.89. The third kappa shape index (κ3) is 3.59. The molecule has 0 aliphatic carbocycles. The van der Waals surface area contributed by atoms with Gasteiger partial charge in [-0.3, -0.25) is 4.79 Å². The van der Waals surface area contributed by atoms with Crippen molar-refractivity contribution in [3.63, 3.8) is 0 Å². The third-order valence-corrected chi connectivity index (χ3v) is 5.88. The lowest BCUT2D eigenvalue weighted by atomic mass is 10.2. The monoisotopic (exact) mass is 404 g/mol. The minimum atomic E-state index is 0.00708. The van der Waals surface area contributed by atoms with Gasteiger partial charge >= 0.3 is 0 Å². The average molecular weight is 405 g/mol. The topological polar surface area (TPSA) is 50.6 Å². The summed E-state index contributed by atoms with van der Waals surface area (Å²) in [7, 11) is 1.86. The molecule has 6 nitrogen and oxygen atoms in total. The second-order valence-electron chi connectivity index (χ2n) is 6.74. The number of nitrogens with zero attached hydrogens (tertiary/aromatic N) is 4. The number of fused-ring (bicyclic) bond motifs is 1. The molecule has 142 valence electrons. The molecule has 1 aromatic carbocycles. The number of hydrogen-bond donors (Lipinski definition) is 0. The van der Waals surface area contributed by atoms with E-state index in [9.17, 15) is 4.79 Å². The number of amides is 1. The summed E-state index contributed by atoms with van der Waals surface area (Å²) in [5.74, 6) is 1.49. The first-order valence-corrected chi connectivity index (χ1v) is 9.80. The Labute approximate surface area is 168 Å². The summed E-state index contributed by atoms with van der Waals surface area (Å²) in [5, 5.41) is 0.716. The van der Waals surface area contributed by atoms with Crippen LogP contribution < -0.4 is 9.80 Å². The van der Waals surface area contributed by atoms with Gasteiger partial charge in [0.2, 0.25) is 5.91 Å². The van der Waals surface area contributed by atoms with Gasteiger partial charge in [0.05, 0.1) is 19.6 Å². The van der Waals surface area contributed by atoms with E-state index in [1.165, 1.54) is 0 Å². The highest BCUT2D eigenvalue weighted by Crippen LogP contribution is 2.33. The minimum Gasteiger partial charge on any atom is -0.378 e. The number of halogens is 1. The first-order valence-electron chi connectivity index (χ1n) is 9.02. The van der Waals surface area contributed by atoms with E-state index in [1.54, 1.807) is 4.90 Å². The van der Waals surface area contributed by atoms with Crippen molar-refractivity contribution in [2.45, 2.75) is 12.8 Å². The van der Waals surface area contributed by atoms with Crippen LogP contribution in [0.5, 0.6) is 0 Å². The van der Waals surface area contributed by atoms with Gasteiger partial charge in [0.15, 0.2) is 0 Å². The lowest BCUT2D eigenvalue weighted by Crippen LogP contribution is -2.37. The van der Waals surface area contributed by atoms with Crippen LogP contribution in [-0.4, -0.2) is 48.3 Å². The predicted octanol–water partition coefficient (Wildman–Crippen LogP) is 2.77. The quantitative estimate of drug-likeness (QED) is 0.736. The van der Waals surface area contributed by atoms with Crippen LogP contribution >= 0.6 is 23.8 Å². The van der Waals surface area contributed by atoms with Crippen molar-refractivity contribution in [2.75, 3.05) is 42.6 Å². The Hall–Kier alpha value is -1.96. The van der Waals surface area contributed by atoms with Crippen LogP contribution in [0.3, 0.4) is 0 Å². The summed E-state index contributed by atoms with van der Waals surface area (Å²) in [4.78, 5) is 21.7. The molecule has 0 bridgehead atoms. The third-order valence-electron chi connectivity index (χ3n) is 5.13. The molecule has 0 spiro atoms. The van der Waals surface area contributed by atoms with Crippen molar-refractivity contribution in [3.8, 4) is 0 Å². The lowest BCUT2D eigenvalue weighted by molar-refractivity contribution is -0.118. The van der Waals surface area contributed by atoms with Crippen LogP contribution in [0, 0.1) is 4.64 Å². The van der Waals surface area contributed by atoms with Gasteiger partial charge in [0, 0.05) is 43.5 Å². The number of hydrogen-bond acceptors (Lipinski definition) is 5. The standard InChI is InChI=1S/C19H21ClN4O2S/c1-22-16(21-17(12-19(22)27)23-7-9-26-10-8-23)11-18(25)24-6-5-13-14(20)3-2-4-15(13)24/h2-4,12H,5-11H2,1H3. The SMILES string of the molecule is Cn1c(CC(=O)N2CCc3c(Cl)cccc32)nc(N2CCOCC2)cc1=S. The number of carbonyl (C=O) groups is 1. The molecular formula is C19H21ClN4O2S. The van der Waals surface area contributed by atoms with Gasteiger partial charge in [-0.25, -0.2) is 4.98 Å². The van der Waals surface area contributed by atoms with Gasteiger partial charge in [-0.15, -0.1) is 0 Å². The lowest BCUT2D eigenvalue weighted by Gasteiger charge is -2.28. The summed E-state index contributed by atoms with van der Waals surface area (Å²) in [6, 6.07) is 7.58. The molecule has 1 fully saturated rings. The number of anilines is 2. The van der Waals surface area contributed by atoms with Gasteiger partial charge in [0.1, 0.15) is 16.3 Å².